The number of carbonyl (C=O) groups excluding carboxylic acids is 1. The fourth-order valence-corrected chi connectivity index (χ4v) is 3.78. The normalized spacial score (nSPS) is 11.5. The Labute approximate surface area is 146 Å². The third-order valence-corrected chi connectivity index (χ3v) is 5.06. The summed E-state index contributed by atoms with van der Waals surface area (Å²) in [4.78, 5) is 11.6. The number of sulfonamides is 1. The van der Waals surface area contributed by atoms with Gasteiger partial charge in [0.05, 0.1) is 11.1 Å². The zero-order valence-corrected chi connectivity index (χ0v) is 14.5. The second-order valence-electron chi connectivity index (χ2n) is 4.92. The van der Waals surface area contributed by atoms with Crippen LogP contribution in [0.2, 0.25) is 0 Å². The Balaban J connectivity index is 2.09. The van der Waals surface area contributed by atoms with Crippen LogP contribution in [0.4, 0.5) is 5.69 Å². The maximum Gasteiger partial charge on any atom is 0.255 e. The zero-order valence-electron chi connectivity index (χ0n) is 12.9. The number of thioether (sulfide) groups is 1. The lowest BCUT2D eigenvalue weighted by molar-refractivity contribution is -0.117. The average molecular weight is 362 g/mol. The summed E-state index contributed by atoms with van der Waals surface area (Å²) in [5.41, 5.74) is 6.39. The summed E-state index contributed by atoms with van der Waals surface area (Å²) in [6.45, 7) is 0. The summed E-state index contributed by atoms with van der Waals surface area (Å²) >= 11 is 1.38. The largest absolute Gasteiger partial charge is 0.370 e. The van der Waals surface area contributed by atoms with Crippen molar-refractivity contribution in [2.24, 2.45) is 5.73 Å². The highest BCUT2D eigenvalue weighted by Gasteiger charge is 2.10. The van der Waals surface area contributed by atoms with Gasteiger partial charge in [0, 0.05) is 17.1 Å². The molecule has 0 spiro atoms. The number of rotatable bonds is 8. The molecule has 2 aromatic rings. The molecule has 0 aliphatic carbocycles. The number of amides is 1. The SMILES string of the molecule is NC(=O)CCSc1ccccc1NS(=O)(=O)C=Cc1ccccc1. The first kappa shape index (κ1) is 18.1. The number of hydrogen-bond donors (Lipinski definition) is 2. The van der Waals surface area contributed by atoms with E-state index in [0.717, 1.165) is 15.9 Å². The standard InChI is InChI=1S/C17H18N2O3S2/c18-17(20)10-12-23-16-9-5-4-8-15(16)19-24(21,22)13-11-14-6-2-1-3-7-14/h1-9,11,13,19H,10,12H2,(H2,18,20). The van der Waals surface area contributed by atoms with Crippen LogP contribution in [0.25, 0.3) is 6.08 Å². The Kier molecular flexibility index (Phi) is 6.45. The van der Waals surface area contributed by atoms with Crippen molar-refractivity contribution >= 4 is 39.5 Å². The Bertz CT molecular complexity index is 819. The highest BCUT2D eigenvalue weighted by atomic mass is 32.2. The van der Waals surface area contributed by atoms with E-state index in [4.69, 9.17) is 5.73 Å². The highest BCUT2D eigenvalue weighted by Crippen LogP contribution is 2.28. The molecular weight excluding hydrogens is 344 g/mol. The molecule has 2 rings (SSSR count). The van der Waals surface area contributed by atoms with E-state index in [-0.39, 0.29) is 12.3 Å². The molecule has 7 heteroatoms. The van der Waals surface area contributed by atoms with E-state index in [1.807, 2.05) is 36.4 Å². The first-order valence-electron chi connectivity index (χ1n) is 7.22. The number of primary amides is 1. The van der Waals surface area contributed by atoms with E-state index >= 15 is 0 Å². The molecule has 0 atom stereocenters. The number of nitrogens with one attached hydrogen (secondary N) is 1. The maximum absolute atomic E-state index is 12.2. The van der Waals surface area contributed by atoms with Crippen molar-refractivity contribution in [1.82, 2.24) is 0 Å². The van der Waals surface area contributed by atoms with E-state index in [2.05, 4.69) is 4.72 Å². The van der Waals surface area contributed by atoms with Crippen LogP contribution < -0.4 is 10.5 Å². The molecule has 0 unspecified atom stereocenters. The summed E-state index contributed by atoms with van der Waals surface area (Å²) in [6.07, 6.45) is 1.77. The molecule has 1 amide bonds. The molecule has 0 aliphatic heterocycles. The minimum Gasteiger partial charge on any atom is -0.370 e. The fraction of sp³-hybridized carbons (Fsp3) is 0.118. The fourth-order valence-electron chi connectivity index (χ4n) is 1.86. The third kappa shape index (κ3) is 6.10. The first-order valence-corrected chi connectivity index (χ1v) is 9.75. The lowest BCUT2D eigenvalue weighted by Crippen LogP contribution is -2.11. The topological polar surface area (TPSA) is 89.3 Å². The van der Waals surface area contributed by atoms with Gasteiger partial charge in [0.25, 0.3) is 10.0 Å². The molecule has 0 saturated carbocycles. The number of anilines is 1. The monoisotopic (exact) mass is 362 g/mol. The summed E-state index contributed by atoms with van der Waals surface area (Å²) in [5, 5.41) is 1.13. The van der Waals surface area contributed by atoms with Crippen LogP contribution in [0.1, 0.15) is 12.0 Å². The Morgan fingerprint density at radius 3 is 2.46 bits per heavy atom. The zero-order chi connectivity index (χ0) is 17.4. The van der Waals surface area contributed by atoms with Gasteiger partial charge in [-0.25, -0.2) is 8.42 Å². The van der Waals surface area contributed by atoms with E-state index < -0.39 is 10.0 Å². The van der Waals surface area contributed by atoms with Crippen molar-refractivity contribution in [2.45, 2.75) is 11.3 Å². The summed E-state index contributed by atoms with van der Waals surface area (Å²) < 4.78 is 27.0. The van der Waals surface area contributed by atoms with Gasteiger partial charge in [-0.2, -0.15) is 0 Å². The molecule has 0 aliphatic rings. The first-order chi connectivity index (χ1) is 11.5. The van der Waals surface area contributed by atoms with E-state index in [0.29, 0.717) is 11.4 Å². The predicted molar refractivity (Wildman–Crippen MR) is 99.0 cm³/mol. The Morgan fingerprint density at radius 2 is 1.75 bits per heavy atom. The number of hydrogen-bond acceptors (Lipinski definition) is 4. The van der Waals surface area contributed by atoms with Gasteiger partial charge in [-0.3, -0.25) is 9.52 Å². The molecule has 0 heterocycles. The van der Waals surface area contributed by atoms with Gasteiger partial charge in [0.1, 0.15) is 0 Å². The maximum atomic E-state index is 12.2. The number of benzene rings is 2. The van der Waals surface area contributed by atoms with Gasteiger partial charge in [0.15, 0.2) is 0 Å². The van der Waals surface area contributed by atoms with Gasteiger partial charge in [-0.15, -0.1) is 11.8 Å². The van der Waals surface area contributed by atoms with E-state index in [9.17, 15) is 13.2 Å². The number of carbonyl (C=O) groups is 1. The van der Waals surface area contributed by atoms with E-state index in [1.54, 1.807) is 18.2 Å². The van der Waals surface area contributed by atoms with Crippen molar-refractivity contribution in [1.29, 1.82) is 0 Å². The minimum atomic E-state index is -3.63. The van der Waals surface area contributed by atoms with Crippen molar-refractivity contribution in [2.75, 3.05) is 10.5 Å². The number of nitrogens with two attached hydrogens (primary N) is 1. The van der Waals surface area contributed by atoms with Crippen LogP contribution >= 0.6 is 11.8 Å². The molecule has 3 N–H and O–H groups in total. The van der Waals surface area contributed by atoms with Crippen LogP contribution in [0, 0.1) is 0 Å². The lowest BCUT2D eigenvalue weighted by Gasteiger charge is -2.10. The van der Waals surface area contributed by atoms with Crippen LogP contribution in [-0.4, -0.2) is 20.1 Å². The second-order valence-corrected chi connectivity index (χ2v) is 7.62. The van der Waals surface area contributed by atoms with Gasteiger partial charge in [-0.05, 0) is 23.8 Å². The summed E-state index contributed by atoms with van der Waals surface area (Å²) in [7, 11) is -3.63. The van der Waals surface area contributed by atoms with Gasteiger partial charge in [-0.1, -0.05) is 42.5 Å². The Morgan fingerprint density at radius 1 is 1.08 bits per heavy atom. The third-order valence-electron chi connectivity index (χ3n) is 2.98. The van der Waals surface area contributed by atoms with Crippen molar-refractivity contribution < 1.29 is 13.2 Å². The summed E-state index contributed by atoms with van der Waals surface area (Å²) in [6, 6.07) is 16.2. The molecule has 0 aromatic heterocycles. The number of para-hydroxylation sites is 1. The molecule has 126 valence electrons. The van der Waals surface area contributed by atoms with Crippen molar-refractivity contribution in [3.63, 3.8) is 0 Å². The summed E-state index contributed by atoms with van der Waals surface area (Å²) in [5.74, 6) is 0.111. The van der Waals surface area contributed by atoms with Crippen LogP contribution in [0.15, 0.2) is 64.9 Å². The quantitative estimate of drug-likeness (QED) is 0.706. The van der Waals surface area contributed by atoms with Crippen LogP contribution in [0.3, 0.4) is 0 Å². The Hall–Kier alpha value is -2.25. The minimum absolute atomic E-state index is 0.236. The van der Waals surface area contributed by atoms with Gasteiger partial charge >= 0.3 is 0 Å². The average Bonchev–Trinajstić information content (AvgIpc) is 2.55. The predicted octanol–water partition coefficient (Wildman–Crippen LogP) is 3.07. The molecule has 5 nitrogen and oxygen atoms in total. The molecule has 24 heavy (non-hydrogen) atoms. The lowest BCUT2D eigenvalue weighted by atomic mass is 10.2. The molecule has 0 bridgehead atoms. The van der Waals surface area contributed by atoms with Crippen LogP contribution in [0.5, 0.6) is 0 Å². The molecule has 0 saturated heterocycles. The van der Waals surface area contributed by atoms with Crippen molar-refractivity contribution in [3.8, 4) is 0 Å². The van der Waals surface area contributed by atoms with Gasteiger partial charge < -0.3 is 5.73 Å². The second kappa shape index (κ2) is 8.56. The molecule has 0 fully saturated rings. The van der Waals surface area contributed by atoms with E-state index in [1.165, 1.54) is 17.8 Å². The van der Waals surface area contributed by atoms with Gasteiger partial charge in [0.2, 0.25) is 5.91 Å². The van der Waals surface area contributed by atoms with Crippen molar-refractivity contribution in [3.05, 3.63) is 65.6 Å². The smallest absolute Gasteiger partial charge is 0.255 e. The highest BCUT2D eigenvalue weighted by molar-refractivity contribution is 7.99. The molecule has 2 aromatic carbocycles. The molecular formula is C17H18N2O3S2. The molecule has 0 radical (unpaired) electrons. The van der Waals surface area contributed by atoms with Crippen LogP contribution in [-0.2, 0) is 14.8 Å².